The second-order valence-corrected chi connectivity index (χ2v) is 3.98. The molecule has 4 nitrogen and oxygen atoms in total. The second-order valence-electron chi connectivity index (χ2n) is 3.98. The highest BCUT2D eigenvalue weighted by Gasteiger charge is 2.02. The number of nitrogen functional groups attached to an aromatic ring is 1. The van der Waals surface area contributed by atoms with Crippen molar-refractivity contribution in [3.05, 3.63) is 54.9 Å². The van der Waals surface area contributed by atoms with Crippen LogP contribution in [0.5, 0.6) is 0 Å². The minimum absolute atomic E-state index is 0.839. The van der Waals surface area contributed by atoms with Gasteiger partial charge in [0, 0.05) is 23.3 Å². The van der Waals surface area contributed by atoms with Crippen LogP contribution in [-0.4, -0.2) is 9.97 Å². The molecular weight excluding hydrogens is 224 g/mol. The number of hydrogen-bond acceptors (Lipinski definition) is 4. The van der Waals surface area contributed by atoms with E-state index in [1.165, 1.54) is 0 Å². The molecule has 0 amide bonds. The Morgan fingerprint density at radius 2 is 1.89 bits per heavy atom. The highest BCUT2D eigenvalue weighted by atomic mass is 15.2. The van der Waals surface area contributed by atoms with Crippen LogP contribution in [-0.2, 0) is 0 Å². The Morgan fingerprint density at radius 1 is 0.944 bits per heavy atom. The summed E-state index contributed by atoms with van der Waals surface area (Å²) in [5.41, 5.74) is 6.38. The van der Waals surface area contributed by atoms with Crippen molar-refractivity contribution in [3.8, 4) is 11.3 Å². The van der Waals surface area contributed by atoms with E-state index in [-0.39, 0.29) is 0 Å². The Labute approximate surface area is 104 Å². The van der Waals surface area contributed by atoms with Gasteiger partial charge in [-0.15, -0.1) is 0 Å². The summed E-state index contributed by atoms with van der Waals surface area (Å²) in [6, 6.07) is 13.8. The third-order valence-electron chi connectivity index (χ3n) is 2.83. The van der Waals surface area contributed by atoms with E-state index in [4.69, 9.17) is 5.84 Å². The summed E-state index contributed by atoms with van der Waals surface area (Å²) in [6.45, 7) is 0. The maximum atomic E-state index is 5.40. The summed E-state index contributed by atoms with van der Waals surface area (Å²) in [4.78, 5) is 8.65. The largest absolute Gasteiger partial charge is 0.324 e. The minimum atomic E-state index is 0.839. The van der Waals surface area contributed by atoms with Gasteiger partial charge in [-0.05, 0) is 30.3 Å². The normalized spacial score (nSPS) is 10.5. The summed E-state index contributed by atoms with van der Waals surface area (Å²) in [5.74, 6) is 5.40. The monoisotopic (exact) mass is 236 g/mol. The zero-order valence-electron chi connectivity index (χ0n) is 9.67. The Bertz CT molecular complexity index is 694. The number of nitrogens with zero attached hydrogens (tertiary/aromatic N) is 2. The molecule has 0 saturated heterocycles. The van der Waals surface area contributed by atoms with Gasteiger partial charge in [-0.2, -0.15) is 0 Å². The van der Waals surface area contributed by atoms with Crippen LogP contribution in [0.15, 0.2) is 54.9 Å². The van der Waals surface area contributed by atoms with Crippen LogP contribution in [0, 0.1) is 0 Å². The highest BCUT2D eigenvalue weighted by molar-refractivity contribution is 5.83. The topological polar surface area (TPSA) is 63.8 Å². The standard InChI is InChI=1S/C14H12N4/c15-18-12-5-7-17-14(9-12)11-3-4-13-10(8-11)2-1-6-16-13/h1-9H,15H2,(H,17,18). The predicted molar refractivity (Wildman–Crippen MR) is 72.8 cm³/mol. The molecule has 0 aliphatic rings. The molecule has 0 unspecified atom stereocenters. The van der Waals surface area contributed by atoms with Gasteiger partial charge < -0.3 is 5.43 Å². The summed E-state index contributed by atoms with van der Waals surface area (Å²) in [7, 11) is 0. The van der Waals surface area contributed by atoms with Gasteiger partial charge in [0.15, 0.2) is 0 Å². The quantitative estimate of drug-likeness (QED) is 0.530. The summed E-state index contributed by atoms with van der Waals surface area (Å²) in [6.07, 6.45) is 3.52. The fourth-order valence-corrected chi connectivity index (χ4v) is 1.91. The Kier molecular flexibility index (Phi) is 2.63. The fourth-order valence-electron chi connectivity index (χ4n) is 1.91. The molecule has 0 fully saturated rings. The average molecular weight is 236 g/mol. The van der Waals surface area contributed by atoms with E-state index in [0.29, 0.717) is 0 Å². The molecule has 0 saturated carbocycles. The van der Waals surface area contributed by atoms with Gasteiger partial charge in [-0.25, -0.2) is 0 Å². The lowest BCUT2D eigenvalue weighted by Crippen LogP contribution is -2.06. The van der Waals surface area contributed by atoms with Crippen LogP contribution in [0.2, 0.25) is 0 Å². The SMILES string of the molecule is NNc1ccnc(-c2ccc3ncccc3c2)c1. The summed E-state index contributed by atoms with van der Waals surface area (Å²) >= 11 is 0. The number of anilines is 1. The smallest absolute Gasteiger partial charge is 0.0723 e. The molecule has 2 heterocycles. The van der Waals surface area contributed by atoms with Gasteiger partial charge >= 0.3 is 0 Å². The van der Waals surface area contributed by atoms with Gasteiger partial charge in [0.05, 0.1) is 16.9 Å². The first-order chi connectivity index (χ1) is 8.86. The third kappa shape index (κ3) is 1.89. The average Bonchev–Trinajstić information content (AvgIpc) is 2.47. The summed E-state index contributed by atoms with van der Waals surface area (Å²) < 4.78 is 0. The number of nitrogens with two attached hydrogens (primary N) is 1. The Balaban J connectivity index is 2.13. The van der Waals surface area contributed by atoms with Crippen LogP contribution in [0.4, 0.5) is 5.69 Å². The molecular formula is C14H12N4. The number of fused-ring (bicyclic) bond motifs is 1. The number of hydrazine groups is 1. The van der Waals surface area contributed by atoms with E-state index in [1.807, 2.05) is 36.4 Å². The lowest BCUT2D eigenvalue weighted by Gasteiger charge is -2.05. The molecule has 18 heavy (non-hydrogen) atoms. The van der Waals surface area contributed by atoms with Gasteiger partial charge in [0.25, 0.3) is 0 Å². The van der Waals surface area contributed by atoms with Crippen LogP contribution >= 0.6 is 0 Å². The Hall–Kier alpha value is -2.46. The van der Waals surface area contributed by atoms with Crippen molar-refractivity contribution in [1.82, 2.24) is 9.97 Å². The number of pyridine rings is 2. The molecule has 2 aromatic heterocycles. The highest BCUT2D eigenvalue weighted by Crippen LogP contribution is 2.23. The molecule has 3 N–H and O–H groups in total. The zero-order chi connectivity index (χ0) is 12.4. The Morgan fingerprint density at radius 3 is 2.78 bits per heavy atom. The number of rotatable bonds is 2. The molecule has 4 heteroatoms. The molecule has 0 spiro atoms. The maximum absolute atomic E-state index is 5.40. The first-order valence-electron chi connectivity index (χ1n) is 5.65. The van der Waals surface area contributed by atoms with Crippen molar-refractivity contribution in [3.63, 3.8) is 0 Å². The van der Waals surface area contributed by atoms with E-state index in [9.17, 15) is 0 Å². The number of nitrogens with one attached hydrogen (secondary N) is 1. The zero-order valence-corrected chi connectivity index (χ0v) is 9.67. The van der Waals surface area contributed by atoms with Crippen LogP contribution in [0.25, 0.3) is 22.2 Å². The molecule has 0 atom stereocenters. The molecule has 3 aromatic rings. The van der Waals surface area contributed by atoms with Crippen molar-refractivity contribution in [1.29, 1.82) is 0 Å². The van der Waals surface area contributed by atoms with Gasteiger partial charge in [-0.3, -0.25) is 15.8 Å². The molecule has 0 radical (unpaired) electrons. The lowest BCUT2D eigenvalue weighted by molar-refractivity contribution is 1.28. The van der Waals surface area contributed by atoms with E-state index >= 15 is 0 Å². The van der Waals surface area contributed by atoms with Crippen molar-refractivity contribution in [2.75, 3.05) is 5.43 Å². The van der Waals surface area contributed by atoms with E-state index in [1.54, 1.807) is 12.4 Å². The number of benzene rings is 1. The van der Waals surface area contributed by atoms with E-state index in [2.05, 4.69) is 21.5 Å². The molecule has 0 aliphatic heterocycles. The van der Waals surface area contributed by atoms with E-state index in [0.717, 1.165) is 27.8 Å². The van der Waals surface area contributed by atoms with Crippen molar-refractivity contribution in [2.24, 2.45) is 5.84 Å². The van der Waals surface area contributed by atoms with Crippen LogP contribution < -0.4 is 11.3 Å². The van der Waals surface area contributed by atoms with Gasteiger partial charge in [0.1, 0.15) is 0 Å². The van der Waals surface area contributed by atoms with Crippen molar-refractivity contribution >= 4 is 16.6 Å². The maximum Gasteiger partial charge on any atom is 0.0723 e. The predicted octanol–water partition coefficient (Wildman–Crippen LogP) is 2.58. The van der Waals surface area contributed by atoms with Crippen molar-refractivity contribution in [2.45, 2.75) is 0 Å². The number of hydrogen-bond donors (Lipinski definition) is 2. The second kappa shape index (κ2) is 4.43. The van der Waals surface area contributed by atoms with E-state index < -0.39 is 0 Å². The van der Waals surface area contributed by atoms with Crippen LogP contribution in [0.1, 0.15) is 0 Å². The fraction of sp³-hybridized carbons (Fsp3) is 0. The lowest BCUT2D eigenvalue weighted by atomic mass is 10.1. The first-order valence-corrected chi connectivity index (χ1v) is 5.65. The molecule has 0 bridgehead atoms. The molecule has 88 valence electrons. The van der Waals surface area contributed by atoms with Gasteiger partial charge in [-0.1, -0.05) is 12.1 Å². The molecule has 1 aromatic carbocycles. The number of aromatic nitrogens is 2. The third-order valence-corrected chi connectivity index (χ3v) is 2.83. The van der Waals surface area contributed by atoms with Crippen LogP contribution in [0.3, 0.4) is 0 Å². The molecule has 0 aliphatic carbocycles. The first kappa shape index (κ1) is 10.7. The summed E-state index contributed by atoms with van der Waals surface area (Å²) in [5, 5.41) is 1.10. The van der Waals surface area contributed by atoms with Crippen molar-refractivity contribution < 1.29 is 0 Å². The molecule has 3 rings (SSSR count). The minimum Gasteiger partial charge on any atom is -0.324 e. The van der Waals surface area contributed by atoms with Gasteiger partial charge in [0.2, 0.25) is 0 Å².